The summed E-state index contributed by atoms with van der Waals surface area (Å²) in [6, 6.07) is 15.2. The van der Waals surface area contributed by atoms with Crippen molar-refractivity contribution in [1.82, 2.24) is 10.3 Å². The van der Waals surface area contributed by atoms with Gasteiger partial charge in [0.05, 0.1) is 15.5 Å². The number of thiocarbonyl (C=S) groups is 1. The highest BCUT2D eigenvalue weighted by Crippen LogP contribution is 2.32. The number of nitrogens with zero attached hydrogens (tertiary/aromatic N) is 2. The lowest BCUT2D eigenvalue weighted by Crippen LogP contribution is -2.33. The maximum atomic E-state index is 13.7. The third-order valence-corrected chi connectivity index (χ3v) is 5.80. The average Bonchev–Trinajstić information content (AvgIpc) is 3.54. The number of hydrogen-bond acceptors (Lipinski definition) is 7. The highest BCUT2D eigenvalue weighted by molar-refractivity contribution is 7.80. The van der Waals surface area contributed by atoms with Gasteiger partial charge in [-0.25, -0.2) is 13.8 Å². The number of rotatable bonds is 5. The first-order valence-corrected chi connectivity index (χ1v) is 11.5. The van der Waals surface area contributed by atoms with Gasteiger partial charge in [0, 0.05) is 23.4 Å². The number of oxazole rings is 1. The van der Waals surface area contributed by atoms with E-state index in [0.29, 0.717) is 22.4 Å². The molecule has 0 bridgehead atoms. The lowest BCUT2D eigenvalue weighted by molar-refractivity contribution is -0.384. The Kier molecular flexibility index (Phi) is 6.57. The van der Waals surface area contributed by atoms with Gasteiger partial charge in [0.2, 0.25) is 5.89 Å². The van der Waals surface area contributed by atoms with E-state index in [1.807, 2.05) is 0 Å². The Morgan fingerprint density at radius 3 is 2.61 bits per heavy atom. The van der Waals surface area contributed by atoms with Crippen LogP contribution >= 0.6 is 23.8 Å². The molecule has 0 saturated carbocycles. The van der Waals surface area contributed by atoms with Crippen LogP contribution in [0.3, 0.4) is 0 Å². The van der Waals surface area contributed by atoms with Crippen LogP contribution in [0.5, 0.6) is 0 Å². The maximum Gasteiger partial charge on any atom is 0.293 e. The molecule has 0 fully saturated rings. The number of non-ortho nitro benzene ring substituents is 1. The van der Waals surface area contributed by atoms with Crippen molar-refractivity contribution in [3.05, 3.63) is 99.3 Å². The Bertz CT molecular complexity index is 1750. The molecular weight excluding hydrogens is 542 g/mol. The summed E-state index contributed by atoms with van der Waals surface area (Å²) >= 11 is 11.2. The predicted octanol–water partition coefficient (Wildman–Crippen LogP) is 6.72. The molecule has 190 valence electrons. The Morgan fingerprint density at radius 1 is 1.03 bits per heavy atom. The van der Waals surface area contributed by atoms with Gasteiger partial charge in [-0.3, -0.25) is 20.2 Å². The highest BCUT2D eigenvalue weighted by atomic mass is 35.5. The number of fused-ring (bicyclic) bond motifs is 1. The first-order chi connectivity index (χ1) is 18.2. The van der Waals surface area contributed by atoms with Crippen LogP contribution in [0.4, 0.5) is 20.2 Å². The molecule has 0 spiro atoms. The van der Waals surface area contributed by atoms with E-state index in [4.69, 9.17) is 32.7 Å². The van der Waals surface area contributed by atoms with Gasteiger partial charge in [-0.15, -0.1) is 0 Å². The van der Waals surface area contributed by atoms with Crippen LogP contribution in [-0.4, -0.2) is 20.9 Å². The zero-order valence-electron chi connectivity index (χ0n) is 18.8. The third kappa shape index (κ3) is 5.08. The molecular formula is C25H13ClF2N4O5S. The highest BCUT2D eigenvalue weighted by Gasteiger charge is 2.18. The van der Waals surface area contributed by atoms with E-state index in [1.54, 1.807) is 24.3 Å². The summed E-state index contributed by atoms with van der Waals surface area (Å²) in [4.78, 5) is 27.3. The number of carbonyl (C=O) groups excluding carboxylic acids is 1. The van der Waals surface area contributed by atoms with E-state index >= 15 is 0 Å². The van der Waals surface area contributed by atoms with E-state index in [9.17, 15) is 23.7 Å². The number of benzene rings is 3. The summed E-state index contributed by atoms with van der Waals surface area (Å²) in [6.07, 6.45) is 0. The minimum absolute atomic E-state index is 0.00528. The molecule has 2 N–H and O–H groups in total. The van der Waals surface area contributed by atoms with Gasteiger partial charge in [-0.2, -0.15) is 0 Å². The summed E-state index contributed by atoms with van der Waals surface area (Å²) in [6.45, 7) is 0. The summed E-state index contributed by atoms with van der Waals surface area (Å²) in [5.74, 6) is -2.62. The monoisotopic (exact) mass is 554 g/mol. The predicted molar refractivity (Wildman–Crippen MR) is 139 cm³/mol. The third-order valence-electron chi connectivity index (χ3n) is 5.28. The topological polar surface area (TPSA) is 123 Å². The summed E-state index contributed by atoms with van der Waals surface area (Å²) in [5, 5.41) is 16.2. The lowest BCUT2D eigenvalue weighted by atomic mass is 10.1. The van der Waals surface area contributed by atoms with Crippen LogP contribution in [0.1, 0.15) is 10.6 Å². The minimum Gasteiger partial charge on any atom is -0.451 e. The van der Waals surface area contributed by atoms with Crippen LogP contribution in [0, 0.1) is 21.7 Å². The van der Waals surface area contributed by atoms with Gasteiger partial charge in [0.1, 0.15) is 11.3 Å². The molecule has 5 rings (SSSR count). The van der Waals surface area contributed by atoms with Crippen molar-refractivity contribution in [2.75, 3.05) is 5.32 Å². The Hall–Kier alpha value is -4.68. The molecule has 9 nitrogen and oxygen atoms in total. The van der Waals surface area contributed by atoms with Crippen molar-refractivity contribution in [1.29, 1.82) is 0 Å². The second-order valence-electron chi connectivity index (χ2n) is 7.83. The zero-order chi connectivity index (χ0) is 27.0. The van der Waals surface area contributed by atoms with E-state index in [-0.39, 0.29) is 38.8 Å². The minimum atomic E-state index is -1.09. The molecule has 0 aliphatic rings. The van der Waals surface area contributed by atoms with Crippen molar-refractivity contribution in [3.63, 3.8) is 0 Å². The standard InChI is InChI=1S/C25H13ClF2N4O5S/c26-16-11-18(28)17(27)10-15(16)24-30-19-9-13(4-5-21(19)37-24)29-25(38)31-23(33)22-7-6-20(36-22)12-2-1-3-14(8-12)32(34)35/h1-11H,(H2,29,31,33,38). The van der Waals surface area contributed by atoms with Crippen molar-refractivity contribution < 1.29 is 27.3 Å². The molecule has 2 heterocycles. The second kappa shape index (κ2) is 10.00. The van der Waals surface area contributed by atoms with Crippen molar-refractivity contribution in [3.8, 4) is 22.8 Å². The SMILES string of the molecule is O=C(NC(=S)Nc1ccc2oc(-c3cc(F)c(F)cc3Cl)nc2c1)c1ccc(-c2cccc([N+](=O)[O-])c2)o1. The fraction of sp³-hybridized carbons (Fsp3) is 0. The normalized spacial score (nSPS) is 10.9. The van der Waals surface area contributed by atoms with Gasteiger partial charge in [0.15, 0.2) is 28.1 Å². The van der Waals surface area contributed by atoms with E-state index < -0.39 is 22.5 Å². The molecule has 0 unspecified atom stereocenters. The lowest BCUT2D eigenvalue weighted by Gasteiger charge is -2.08. The fourth-order valence-corrected chi connectivity index (χ4v) is 3.96. The van der Waals surface area contributed by atoms with Crippen LogP contribution in [0.2, 0.25) is 5.02 Å². The number of halogens is 3. The fourth-order valence-electron chi connectivity index (χ4n) is 3.52. The second-order valence-corrected chi connectivity index (χ2v) is 8.64. The van der Waals surface area contributed by atoms with Gasteiger partial charge in [0.25, 0.3) is 11.6 Å². The molecule has 3 aromatic carbocycles. The van der Waals surface area contributed by atoms with Crippen LogP contribution < -0.4 is 10.6 Å². The van der Waals surface area contributed by atoms with E-state index in [1.165, 1.54) is 30.3 Å². The van der Waals surface area contributed by atoms with Gasteiger partial charge in [-0.05, 0) is 54.7 Å². The van der Waals surface area contributed by atoms with Gasteiger partial charge in [-0.1, -0.05) is 23.7 Å². The number of hydrogen-bond donors (Lipinski definition) is 2. The van der Waals surface area contributed by atoms with Crippen LogP contribution in [-0.2, 0) is 0 Å². The quantitative estimate of drug-likeness (QED) is 0.106. The molecule has 0 saturated heterocycles. The Balaban J connectivity index is 1.28. The zero-order valence-corrected chi connectivity index (χ0v) is 20.4. The van der Waals surface area contributed by atoms with E-state index in [0.717, 1.165) is 12.1 Å². The number of furan rings is 1. The number of nitro benzene ring substituents is 1. The smallest absolute Gasteiger partial charge is 0.293 e. The van der Waals surface area contributed by atoms with Crippen molar-refractivity contribution in [2.24, 2.45) is 0 Å². The number of amides is 1. The van der Waals surface area contributed by atoms with Crippen molar-refractivity contribution in [2.45, 2.75) is 0 Å². The largest absolute Gasteiger partial charge is 0.451 e. The summed E-state index contributed by atoms with van der Waals surface area (Å²) < 4.78 is 38.2. The molecule has 1 amide bonds. The summed E-state index contributed by atoms with van der Waals surface area (Å²) in [5.41, 5.74) is 1.58. The van der Waals surface area contributed by atoms with Gasteiger partial charge < -0.3 is 14.2 Å². The molecule has 2 aromatic heterocycles. The van der Waals surface area contributed by atoms with Crippen LogP contribution in [0.25, 0.3) is 33.9 Å². The van der Waals surface area contributed by atoms with Crippen LogP contribution in [0.15, 0.2) is 75.6 Å². The van der Waals surface area contributed by atoms with Crippen molar-refractivity contribution >= 4 is 57.3 Å². The molecule has 0 aliphatic heterocycles. The Morgan fingerprint density at radius 2 is 1.82 bits per heavy atom. The molecule has 38 heavy (non-hydrogen) atoms. The average molecular weight is 555 g/mol. The Labute approximate surface area is 222 Å². The molecule has 0 atom stereocenters. The maximum absolute atomic E-state index is 13.7. The first kappa shape index (κ1) is 25.0. The molecule has 0 radical (unpaired) electrons. The number of nitrogens with one attached hydrogen (secondary N) is 2. The number of anilines is 1. The number of carbonyl (C=O) groups is 1. The molecule has 13 heteroatoms. The van der Waals surface area contributed by atoms with Gasteiger partial charge >= 0.3 is 0 Å². The number of aromatic nitrogens is 1. The molecule has 5 aromatic rings. The number of nitro groups is 1. The molecule has 0 aliphatic carbocycles. The summed E-state index contributed by atoms with van der Waals surface area (Å²) in [7, 11) is 0. The van der Waals surface area contributed by atoms with E-state index in [2.05, 4.69) is 15.6 Å². The first-order valence-electron chi connectivity index (χ1n) is 10.7.